The van der Waals surface area contributed by atoms with Gasteiger partial charge in [-0.2, -0.15) is 0 Å². The third kappa shape index (κ3) is 8.78. The minimum Gasteiger partial charge on any atom is -0.444 e. The molecule has 0 aliphatic rings. The van der Waals surface area contributed by atoms with E-state index in [0.29, 0.717) is 17.7 Å². The highest BCUT2D eigenvalue weighted by atomic mass is 16.6. The molecule has 2 atom stereocenters. The summed E-state index contributed by atoms with van der Waals surface area (Å²) in [5.41, 5.74) is 0.441. The maximum Gasteiger partial charge on any atom is 0.408 e. The van der Waals surface area contributed by atoms with E-state index in [2.05, 4.69) is 16.6 Å². The van der Waals surface area contributed by atoms with Gasteiger partial charge in [0.15, 0.2) is 0 Å². The molecule has 182 valence electrons. The van der Waals surface area contributed by atoms with Gasteiger partial charge in [-0.15, -0.1) is 6.42 Å². The zero-order valence-corrected chi connectivity index (χ0v) is 20.5. The van der Waals surface area contributed by atoms with Crippen molar-refractivity contribution in [1.29, 1.82) is 0 Å². The molecule has 33 heavy (non-hydrogen) atoms. The molecule has 1 aromatic carbocycles. The van der Waals surface area contributed by atoms with Crippen LogP contribution in [0.4, 0.5) is 4.79 Å². The van der Waals surface area contributed by atoms with Crippen LogP contribution in [0.3, 0.4) is 0 Å². The number of hydrogen-bond donors (Lipinski definition) is 3. The van der Waals surface area contributed by atoms with Crippen LogP contribution in [0.1, 0.15) is 71.6 Å². The Kier molecular flexibility index (Phi) is 10.9. The normalized spacial score (nSPS) is 12.9. The molecule has 1 aromatic rings. The highest BCUT2D eigenvalue weighted by molar-refractivity contribution is 5.92. The highest BCUT2D eigenvalue weighted by Gasteiger charge is 2.37. The van der Waals surface area contributed by atoms with Crippen LogP contribution >= 0.6 is 0 Å². The Labute approximate surface area is 197 Å². The van der Waals surface area contributed by atoms with Crippen molar-refractivity contribution in [2.45, 2.75) is 78.1 Å². The molecule has 3 amide bonds. The van der Waals surface area contributed by atoms with Gasteiger partial charge in [0.25, 0.3) is 0 Å². The predicted molar refractivity (Wildman–Crippen MR) is 127 cm³/mol. The van der Waals surface area contributed by atoms with E-state index in [1.807, 2.05) is 6.92 Å². The third-order valence-corrected chi connectivity index (χ3v) is 4.73. The lowest BCUT2D eigenvalue weighted by atomic mass is 10.00. The van der Waals surface area contributed by atoms with E-state index in [0.717, 1.165) is 12.8 Å². The van der Waals surface area contributed by atoms with Crippen molar-refractivity contribution in [1.82, 2.24) is 15.5 Å². The van der Waals surface area contributed by atoms with Gasteiger partial charge < -0.3 is 25.4 Å². The van der Waals surface area contributed by atoms with E-state index in [-0.39, 0.29) is 5.91 Å². The quantitative estimate of drug-likeness (QED) is 0.368. The van der Waals surface area contributed by atoms with Gasteiger partial charge >= 0.3 is 6.09 Å². The first-order valence-electron chi connectivity index (χ1n) is 11.2. The molecule has 2 unspecified atom stereocenters. The Hall–Kier alpha value is -3.05. The molecule has 1 rings (SSSR count). The topological polar surface area (TPSA) is 108 Å². The minimum absolute atomic E-state index is 0.354. The van der Waals surface area contributed by atoms with Gasteiger partial charge in [-0.1, -0.05) is 31.4 Å². The molecular weight excluding hydrogens is 422 g/mol. The van der Waals surface area contributed by atoms with E-state index in [1.165, 1.54) is 4.90 Å². The predicted octanol–water partition coefficient (Wildman–Crippen LogP) is 2.75. The average Bonchev–Trinajstić information content (AvgIpc) is 2.74. The molecule has 0 bridgehead atoms. The second kappa shape index (κ2) is 12.9. The lowest BCUT2D eigenvalue weighted by Gasteiger charge is -2.36. The zero-order valence-electron chi connectivity index (χ0n) is 20.5. The molecule has 0 aliphatic carbocycles. The first-order valence-corrected chi connectivity index (χ1v) is 11.2. The minimum atomic E-state index is -1.28. The molecule has 0 fully saturated rings. The highest BCUT2D eigenvalue weighted by Crippen LogP contribution is 2.25. The number of ether oxygens (including phenoxy) is 1. The van der Waals surface area contributed by atoms with Crippen LogP contribution in [0.25, 0.3) is 0 Å². The van der Waals surface area contributed by atoms with E-state index in [1.54, 1.807) is 58.9 Å². The van der Waals surface area contributed by atoms with Crippen molar-refractivity contribution in [2.24, 2.45) is 0 Å². The number of rotatable bonds is 10. The number of carbonyl (C=O) groups is 3. The first kappa shape index (κ1) is 28.0. The molecule has 0 saturated heterocycles. The summed E-state index contributed by atoms with van der Waals surface area (Å²) in [5, 5.41) is 15.2. The smallest absolute Gasteiger partial charge is 0.408 e. The summed E-state index contributed by atoms with van der Waals surface area (Å²) in [6.45, 7) is 10.4. The van der Waals surface area contributed by atoms with Gasteiger partial charge in [0.1, 0.15) is 17.7 Å². The van der Waals surface area contributed by atoms with Gasteiger partial charge in [0.05, 0.1) is 6.61 Å². The summed E-state index contributed by atoms with van der Waals surface area (Å²) < 4.78 is 5.21. The fraction of sp³-hybridized carbons (Fsp3) is 0.560. The van der Waals surface area contributed by atoms with E-state index in [4.69, 9.17) is 11.2 Å². The lowest BCUT2D eigenvalue weighted by molar-refractivity contribution is -0.145. The average molecular weight is 460 g/mol. The number of benzene rings is 1. The Morgan fingerprint density at radius 3 is 2.24 bits per heavy atom. The summed E-state index contributed by atoms with van der Waals surface area (Å²) in [6.07, 6.45) is 6.31. The van der Waals surface area contributed by atoms with Crippen molar-refractivity contribution in [3.63, 3.8) is 0 Å². The van der Waals surface area contributed by atoms with Crippen molar-refractivity contribution >= 4 is 17.9 Å². The molecule has 3 N–H and O–H groups in total. The second-order valence-electron chi connectivity index (χ2n) is 9.03. The molecule has 8 nitrogen and oxygen atoms in total. The van der Waals surface area contributed by atoms with Crippen LogP contribution in [0.15, 0.2) is 24.3 Å². The monoisotopic (exact) mass is 459 g/mol. The van der Waals surface area contributed by atoms with Crippen LogP contribution in [0.5, 0.6) is 0 Å². The Bertz CT molecular complexity index is 837. The van der Waals surface area contributed by atoms with Gasteiger partial charge in [-0.05, 0) is 58.7 Å². The number of nitrogens with one attached hydrogen (secondary N) is 2. The molecule has 0 aliphatic heterocycles. The maximum absolute atomic E-state index is 13.5. The fourth-order valence-corrected chi connectivity index (χ4v) is 3.18. The molecule has 0 aromatic heterocycles. The van der Waals surface area contributed by atoms with Crippen molar-refractivity contribution in [3.8, 4) is 12.3 Å². The summed E-state index contributed by atoms with van der Waals surface area (Å²) >= 11 is 0. The van der Waals surface area contributed by atoms with Crippen LogP contribution in [0.2, 0.25) is 0 Å². The Balaban J connectivity index is 3.32. The molecule has 0 radical (unpaired) electrons. The fourth-order valence-electron chi connectivity index (χ4n) is 3.18. The van der Waals surface area contributed by atoms with Crippen molar-refractivity contribution in [2.75, 3.05) is 13.2 Å². The number of amides is 3. The van der Waals surface area contributed by atoms with Crippen LogP contribution in [-0.2, 0) is 14.3 Å². The number of aliphatic hydroxyl groups excluding tert-OH is 1. The van der Waals surface area contributed by atoms with Crippen molar-refractivity contribution < 1.29 is 24.2 Å². The number of carbonyl (C=O) groups excluding carboxylic acids is 3. The first-order chi connectivity index (χ1) is 15.4. The van der Waals surface area contributed by atoms with Crippen LogP contribution < -0.4 is 10.6 Å². The zero-order chi connectivity index (χ0) is 25.2. The number of nitrogens with zero attached hydrogens (tertiary/aromatic N) is 1. The summed E-state index contributed by atoms with van der Waals surface area (Å²) in [4.78, 5) is 40.3. The summed E-state index contributed by atoms with van der Waals surface area (Å²) in [7, 11) is 0. The van der Waals surface area contributed by atoms with Gasteiger partial charge in [-0.3, -0.25) is 9.59 Å². The Morgan fingerprint density at radius 1 is 1.18 bits per heavy atom. The summed E-state index contributed by atoms with van der Waals surface area (Å²) in [6, 6.07) is 4.14. The third-order valence-electron chi connectivity index (χ3n) is 4.73. The largest absolute Gasteiger partial charge is 0.444 e. The molecule has 8 heteroatoms. The van der Waals surface area contributed by atoms with Crippen LogP contribution in [-0.4, -0.2) is 58.8 Å². The maximum atomic E-state index is 13.5. The summed E-state index contributed by atoms with van der Waals surface area (Å²) in [5.74, 6) is 1.58. The van der Waals surface area contributed by atoms with E-state index < -0.39 is 42.3 Å². The molecule has 0 saturated carbocycles. The molecular formula is C25H37N3O5. The van der Waals surface area contributed by atoms with E-state index >= 15 is 0 Å². The number of unbranched alkanes of at least 4 members (excludes halogenated alkanes) is 1. The number of aliphatic hydroxyl groups is 1. The van der Waals surface area contributed by atoms with Crippen LogP contribution in [0, 0.1) is 12.3 Å². The van der Waals surface area contributed by atoms with Crippen molar-refractivity contribution in [3.05, 3.63) is 35.4 Å². The lowest BCUT2D eigenvalue weighted by Crippen LogP contribution is -2.56. The number of alkyl carbamates (subject to hydrolysis) is 1. The standard InChI is InChI=1S/C25H37N3O5/c1-8-10-15-26-22(30)21(19-13-11-18(9-2)12-14-19)28(17(3)4)23(31)20(16-29)27-24(32)33-25(5,6)7/h2,11-14,17,20-21,29H,8,10,15-16H2,1,3-7H3,(H,26,30)(H,27,32). The van der Waals surface area contributed by atoms with Gasteiger partial charge in [0.2, 0.25) is 11.8 Å². The second-order valence-corrected chi connectivity index (χ2v) is 9.03. The number of hydrogen-bond acceptors (Lipinski definition) is 5. The number of terminal acetylenes is 1. The SMILES string of the molecule is C#Cc1ccc(C(C(=O)NCCCC)N(C(=O)C(CO)NC(=O)OC(C)(C)C)C(C)C)cc1. The van der Waals surface area contributed by atoms with E-state index in [9.17, 15) is 19.5 Å². The molecule has 0 heterocycles. The van der Waals surface area contributed by atoms with Gasteiger partial charge in [-0.25, -0.2) is 4.79 Å². The van der Waals surface area contributed by atoms with Gasteiger partial charge in [0, 0.05) is 18.2 Å². The molecule has 0 spiro atoms. The Morgan fingerprint density at radius 2 is 1.79 bits per heavy atom.